The molecule has 0 amide bonds. The summed E-state index contributed by atoms with van der Waals surface area (Å²) in [6.45, 7) is 7.28. The normalized spacial score (nSPS) is 11.6. The average Bonchev–Trinajstić information content (AvgIpc) is 2.24. The third kappa shape index (κ3) is 13.4. The van der Waals surface area contributed by atoms with E-state index >= 15 is 0 Å². The van der Waals surface area contributed by atoms with Gasteiger partial charge in [-0.25, -0.2) is 4.79 Å². The summed E-state index contributed by atoms with van der Waals surface area (Å²) < 4.78 is 20.3. The third-order valence-electron chi connectivity index (χ3n) is 1.62. The largest absolute Gasteiger partial charge is 0.458 e. The van der Waals surface area contributed by atoms with Crippen molar-refractivity contribution in [3.8, 4) is 0 Å². The molecule has 0 rings (SSSR count). The maximum Gasteiger partial charge on any atom is 0.332 e. The second-order valence-corrected chi connectivity index (χ2v) is 4.59. The molecule has 0 fully saturated rings. The lowest BCUT2D eigenvalue weighted by atomic mass is 10.2. The van der Waals surface area contributed by atoms with Gasteiger partial charge in [-0.3, -0.25) is 0 Å². The van der Waals surface area contributed by atoms with Crippen LogP contribution in [0, 0.1) is 0 Å². The summed E-state index contributed by atoms with van der Waals surface area (Å²) >= 11 is 0. The van der Waals surface area contributed by atoms with E-state index in [1.165, 1.54) is 0 Å². The highest BCUT2D eigenvalue weighted by atomic mass is 16.6. The molecule has 0 saturated carbocycles. The fraction of sp³-hybridized carbons (Fsp3) is 0.917. The number of ether oxygens (including phenoxy) is 4. The van der Waals surface area contributed by atoms with Crippen LogP contribution in [0.25, 0.3) is 0 Å². The number of aliphatic hydroxyl groups is 1. The molecule has 0 saturated heterocycles. The molecule has 0 bridgehead atoms. The molecule has 0 heterocycles. The van der Waals surface area contributed by atoms with Gasteiger partial charge in [0.15, 0.2) is 0 Å². The van der Waals surface area contributed by atoms with Crippen LogP contribution in [0.5, 0.6) is 0 Å². The van der Waals surface area contributed by atoms with E-state index in [9.17, 15) is 4.79 Å². The van der Waals surface area contributed by atoms with E-state index < -0.39 is 5.60 Å². The van der Waals surface area contributed by atoms with Crippen molar-refractivity contribution >= 4 is 5.97 Å². The van der Waals surface area contributed by atoms with Crippen LogP contribution in [0.1, 0.15) is 20.8 Å². The first kappa shape index (κ1) is 17.3. The predicted octanol–water partition coefficient (Wildman–Crippen LogP) is 0.370. The molecule has 108 valence electrons. The Labute approximate surface area is 108 Å². The van der Waals surface area contributed by atoms with Crippen molar-refractivity contribution in [3.63, 3.8) is 0 Å². The second-order valence-electron chi connectivity index (χ2n) is 4.59. The molecule has 0 aromatic carbocycles. The van der Waals surface area contributed by atoms with E-state index in [2.05, 4.69) is 0 Å². The molecular formula is C12H24O6. The number of aliphatic hydroxyl groups excluding tert-OH is 1. The van der Waals surface area contributed by atoms with Crippen LogP contribution in [0.3, 0.4) is 0 Å². The molecule has 0 spiro atoms. The highest BCUT2D eigenvalue weighted by Gasteiger charge is 2.15. The van der Waals surface area contributed by atoms with Crippen LogP contribution in [-0.4, -0.2) is 62.9 Å². The van der Waals surface area contributed by atoms with Gasteiger partial charge in [0.25, 0.3) is 0 Å². The van der Waals surface area contributed by atoms with Crippen molar-refractivity contribution in [2.45, 2.75) is 26.4 Å². The van der Waals surface area contributed by atoms with Crippen LogP contribution in [0.4, 0.5) is 0 Å². The Morgan fingerprint density at radius 3 is 1.94 bits per heavy atom. The van der Waals surface area contributed by atoms with Crippen LogP contribution in [-0.2, 0) is 23.7 Å². The smallest absolute Gasteiger partial charge is 0.332 e. The highest BCUT2D eigenvalue weighted by molar-refractivity contribution is 5.71. The molecule has 0 aromatic heterocycles. The van der Waals surface area contributed by atoms with Gasteiger partial charge in [-0.1, -0.05) is 0 Å². The van der Waals surface area contributed by atoms with Gasteiger partial charge in [-0.05, 0) is 20.8 Å². The Balaban J connectivity index is 3.23. The number of rotatable bonds is 10. The monoisotopic (exact) mass is 264 g/mol. The van der Waals surface area contributed by atoms with Gasteiger partial charge in [0.1, 0.15) is 12.2 Å². The SMILES string of the molecule is CC(C)(C)OC(=O)COCCOCCOCCO. The van der Waals surface area contributed by atoms with Crippen molar-refractivity contribution < 1.29 is 28.8 Å². The molecule has 0 unspecified atom stereocenters. The van der Waals surface area contributed by atoms with Crippen molar-refractivity contribution in [2.24, 2.45) is 0 Å². The fourth-order valence-corrected chi connectivity index (χ4v) is 1.03. The zero-order valence-electron chi connectivity index (χ0n) is 11.4. The Bertz CT molecular complexity index is 211. The Morgan fingerprint density at radius 1 is 0.944 bits per heavy atom. The molecule has 0 radical (unpaired) electrons. The van der Waals surface area contributed by atoms with Gasteiger partial charge in [-0.15, -0.1) is 0 Å². The Kier molecular flexibility index (Phi) is 9.86. The molecular weight excluding hydrogens is 240 g/mol. The van der Waals surface area contributed by atoms with Gasteiger partial charge in [0.2, 0.25) is 0 Å². The lowest BCUT2D eigenvalue weighted by Crippen LogP contribution is -2.27. The van der Waals surface area contributed by atoms with E-state index in [0.717, 1.165) is 0 Å². The number of carbonyl (C=O) groups is 1. The predicted molar refractivity (Wildman–Crippen MR) is 65.4 cm³/mol. The first-order chi connectivity index (χ1) is 8.45. The first-order valence-electron chi connectivity index (χ1n) is 6.01. The van der Waals surface area contributed by atoms with E-state index in [1.807, 2.05) is 0 Å². The zero-order chi connectivity index (χ0) is 13.9. The molecule has 0 aromatic rings. The third-order valence-corrected chi connectivity index (χ3v) is 1.62. The van der Waals surface area contributed by atoms with Gasteiger partial charge in [-0.2, -0.15) is 0 Å². The van der Waals surface area contributed by atoms with Gasteiger partial charge in [0.05, 0.1) is 39.6 Å². The van der Waals surface area contributed by atoms with Crippen molar-refractivity contribution in [1.82, 2.24) is 0 Å². The summed E-state index contributed by atoms with van der Waals surface area (Å²) in [4.78, 5) is 11.2. The number of hydrogen-bond acceptors (Lipinski definition) is 6. The molecule has 18 heavy (non-hydrogen) atoms. The minimum Gasteiger partial charge on any atom is -0.458 e. The summed E-state index contributed by atoms with van der Waals surface area (Å²) in [7, 11) is 0. The number of hydrogen-bond donors (Lipinski definition) is 1. The summed E-state index contributed by atoms with van der Waals surface area (Å²) in [5.74, 6) is -0.381. The summed E-state index contributed by atoms with van der Waals surface area (Å²) in [6.07, 6.45) is 0. The first-order valence-corrected chi connectivity index (χ1v) is 6.01. The quantitative estimate of drug-likeness (QED) is 0.454. The molecule has 6 heteroatoms. The highest BCUT2D eigenvalue weighted by Crippen LogP contribution is 2.06. The second kappa shape index (κ2) is 10.3. The Hall–Kier alpha value is -0.690. The Morgan fingerprint density at radius 2 is 1.44 bits per heavy atom. The van der Waals surface area contributed by atoms with Crippen LogP contribution < -0.4 is 0 Å². The van der Waals surface area contributed by atoms with E-state index in [0.29, 0.717) is 33.0 Å². The molecule has 0 atom stereocenters. The molecule has 0 aliphatic rings. The number of carbonyl (C=O) groups excluding carboxylic acids is 1. The minimum atomic E-state index is -0.485. The van der Waals surface area contributed by atoms with Crippen molar-refractivity contribution in [1.29, 1.82) is 0 Å². The van der Waals surface area contributed by atoms with Gasteiger partial charge in [0, 0.05) is 0 Å². The molecule has 0 aliphatic heterocycles. The number of esters is 1. The van der Waals surface area contributed by atoms with Crippen LogP contribution in [0.2, 0.25) is 0 Å². The summed E-state index contributed by atoms with van der Waals surface area (Å²) in [5.41, 5.74) is -0.485. The van der Waals surface area contributed by atoms with Gasteiger partial charge < -0.3 is 24.1 Å². The summed E-state index contributed by atoms with van der Waals surface area (Å²) in [5, 5.41) is 8.44. The van der Waals surface area contributed by atoms with Gasteiger partial charge >= 0.3 is 5.97 Å². The van der Waals surface area contributed by atoms with Crippen LogP contribution >= 0.6 is 0 Å². The average molecular weight is 264 g/mol. The fourth-order valence-electron chi connectivity index (χ4n) is 1.03. The van der Waals surface area contributed by atoms with Crippen molar-refractivity contribution in [3.05, 3.63) is 0 Å². The zero-order valence-corrected chi connectivity index (χ0v) is 11.4. The maximum absolute atomic E-state index is 11.2. The summed E-state index contributed by atoms with van der Waals surface area (Å²) in [6, 6.07) is 0. The lowest BCUT2D eigenvalue weighted by molar-refractivity contribution is -0.160. The van der Waals surface area contributed by atoms with E-state index in [4.69, 9.17) is 24.1 Å². The van der Waals surface area contributed by atoms with Crippen LogP contribution in [0.15, 0.2) is 0 Å². The minimum absolute atomic E-state index is 0.0129. The molecule has 1 N–H and O–H groups in total. The topological polar surface area (TPSA) is 74.2 Å². The van der Waals surface area contributed by atoms with E-state index in [1.54, 1.807) is 20.8 Å². The molecule has 0 aliphatic carbocycles. The van der Waals surface area contributed by atoms with E-state index in [-0.39, 0.29) is 19.2 Å². The standard InChI is InChI=1S/C12H24O6/c1-12(2,3)18-11(14)10-17-9-8-16-7-6-15-5-4-13/h13H,4-10H2,1-3H3. The molecule has 6 nitrogen and oxygen atoms in total. The maximum atomic E-state index is 11.2. The van der Waals surface area contributed by atoms with Crippen molar-refractivity contribution in [2.75, 3.05) is 46.2 Å². The lowest BCUT2D eigenvalue weighted by Gasteiger charge is -2.19.